The summed E-state index contributed by atoms with van der Waals surface area (Å²) in [5.74, 6) is -1.55. The molecule has 0 fully saturated rings. The van der Waals surface area contributed by atoms with Crippen LogP contribution in [-0.2, 0) is 10.0 Å². The van der Waals surface area contributed by atoms with Gasteiger partial charge in [0, 0.05) is 5.69 Å². The van der Waals surface area contributed by atoms with Gasteiger partial charge in [0.05, 0.1) is 11.8 Å². The Bertz CT molecular complexity index is 858. The smallest absolute Gasteiger partial charge is 0.229 e. The largest absolute Gasteiger partial charge is 0.504 e. The van der Waals surface area contributed by atoms with E-state index in [1.54, 1.807) is 36.4 Å². The standard InChI is InChI=1S/C16H14FNO4S/c1-23(21,22)18-14-6-4-11(5-7-14)2-3-12-8-13(10-19)16(20)15(17)9-12/h2-10,18,20H,1H3/b3-2+. The van der Waals surface area contributed by atoms with Crippen LogP contribution in [-0.4, -0.2) is 26.1 Å². The monoisotopic (exact) mass is 335 g/mol. The van der Waals surface area contributed by atoms with Crippen molar-refractivity contribution >= 4 is 34.1 Å². The first-order chi connectivity index (χ1) is 10.8. The number of halogens is 1. The van der Waals surface area contributed by atoms with Gasteiger partial charge in [-0.2, -0.15) is 0 Å². The Hall–Kier alpha value is -2.67. The van der Waals surface area contributed by atoms with Gasteiger partial charge in [-0.15, -0.1) is 0 Å². The molecule has 0 spiro atoms. The maximum Gasteiger partial charge on any atom is 0.229 e. The van der Waals surface area contributed by atoms with Crippen molar-refractivity contribution < 1.29 is 22.7 Å². The Balaban J connectivity index is 2.20. The summed E-state index contributed by atoms with van der Waals surface area (Å²) in [6, 6.07) is 9.02. The van der Waals surface area contributed by atoms with E-state index >= 15 is 0 Å². The van der Waals surface area contributed by atoms with E-state index in [2.05, 4.69) is 4.72 Å². The zero-order chi connectivity index (χ0) is 17.0. The van der Waals surface area contributed by atoms with E-state index in [0.717, 1.165) is 17.9 Å². The lowest BCUT2D eigenvalue weighted by Gasteiger charge is -2.04. The van der Waals surface area contributed by atoms with Crippen molar-refractivity contribution in [1.29, 1.82) is 0 Å². The highest BCUT2D eigenvalue weighted by molar-refractivity contribution is 7.92. The van der Waals surface area contributed by atoms with Gasteiger partial charge in [0.2, 0.25) is 10.0 Å². The quantitative estimate of drug-likeness (QED) is 0.650. The number of benzene rings is 2. The Morgan fingerprint density at radius 2 is 1.70 bits per heavy atom. The number of anilines is 1. The molecule has 23 heavy (non-hydrogen) atoms. The van der Waals surface area contributed by atoms with E-state index < -0.39 is 21.6 Å². The first-order valence-electron chi connectivity index (χ1n) is 6.52. The number of aldehydes is 1. The Kier molecular flexibility index (Phi) is 4.80. The van der Waals surface area contributed by atoms with Crippen LogP contribution in [0, 0.1) is 5.82 Å². The zero-order valence-electron chi connectivity index (χ0n) is 12.2. The molecule has 5 nitrogen and oxygen atoms in total. The number of sulfonamides is 1. The van der Waals surface area contributed by atoms with Crippen LogP contribution in [0.2, 0.25) is 0 Å². The van der Waals surface area contributed by atoms with Gasteiger partial charge in [0.1, 0.15) is 0 Å². The molecule has 0 aromatic heterocycles. The summed E-state index contributed by atoms with van der Waals surface area (Å²) in [5.41, 5.74) is 1.48. The molecule has 0 bridgehead atoms. The molecular formula is C16H14FNO4S. The highest BCUT2D eigenvalue weighted by atomic mass is 32.2. The molecule has 0 saturated carbocycles. The van der Waals surface area contributed by atoms with E-state index in [1.165, 1.54) is 6.07 Å². The van der Waals surface area contributed by atoms with Crippen LogP contribution in [0.5, 0.6) is 5.75 Å². The number of hydrogen-bond acceptors (Lipinski definition) is 4. The van der Waals surface area contributed by atoms with Crippen molar-refractivity contribution in [2.45, 2.75) is 0 Å². The fourth-order valence-corrected chi connectivity index (χ4v) is 2.46. The van der Waals surface area contributed by atoms with Crippen molar-refractivity contribution in [3.63, 3.8) is 0 Å². The van der Waals surface area contributed by atoms with Crippen molar-refractivity contribution in [3.8, 4) is 5.75 Å². The van der Waals surface area contributed by atoms with Gasteiger partial charge in [-0.3, -0.25) is 9.52 Å². The fraction of sp³-hybridized carbons (Fsp3) is 0.0625. The van der Waals surface area contributed by atoms with Crippen molar-refractivity contribution in [2.75, 3.05) is 11.0 Å². The van der Waals surface area contributed by atoms with Crippen LogP contribution in [0.15, 0.2) is 36.4 Å². The topological polar surface area (TPSA) is 83.5 Å². The maximum absolute atomic E-state index is 13.5. The van der Waals surface area contributed by atoms with E-state index in [0.29, 0.717) is 17.5 Å². The molecule has 0 amide bonds. The molecule has 2 aromatic carbocycles. The van der Waals surface area contributed by atoms with Gasteiger partial charge in [-0.05, 0) is 35.4 Å². The predicted molar refractivity (Wildman–Crippen MR) is 87.3 cm³/mol. The molecule has 0 aliphatic rings. The minimum absolute atomic E-state index is 0.127. The third-order valence-corrected chi connectivity index (χ3v) is 3.53. The molecule has 7 heteroatoms. The minimum Gasteiger partial charge on any atom is -0.504 e. The summed E-state index contributed by atoms with van der Waals surface area (Å²) in [6.07, 6.45) is 4.69. The Morgan fingerprint density at radius 3 is 2.26 bits per heavy atom. The summed E-state index contributed by atoms with van der Waals surface area (Å²) in [4.78, 5) is 10.8. The van der Waals surface area contributed by atoms with Gasteiger partial charge in [0.15, 0.2) is 17.9 Å². The van der Waals surface area contributed by atoms with Crippen LogP contribution in [0.25, 0.3) is 12.2 Å². The van der Waals surface area contributed by atoms with Gasteiger partial charge >= 0.3 is 0 Å². The summed E-state index contributed by atoms with van der Waals surface area (Å²) in [5, 5.41) is 9.34. The molecule has 2 N–H and O–H groups in total. The normalized spacial score (nSPS) is 11.6. The molecule has 0 saturated heterocycles. The molecular weight excluding hydrogens is 321 g/mol. The zero-order valence-corrected chi connectivity index (χ0v) is 13.0. The van der Waals surface area contributed by atoms with Gasteiger partial charge in [-0.1, -0.05) is 24.3 Å². The average Bonchev–Trinajstić information content (AvgIpc) is 2.48. The predicted octanol–water partition coefficient (Wildman–Crippen LogP) is 2.89. The summed E-state index contributed by atoms with van der Waals surface area (Å²) >= 11 is 0. The maximum atomic E-state index is 13.5. The van der Waals surface area contributed by atoms with Crippen molar-refractivity contribution in [1.82, 2.24) is 0 Å². The second kappa shape index (κ2) is 6.62. The summed E-state index contributed by atoms with van der Waals surface area (Å²) < 4.78 is 38.0. The second-order valence-electron chi connectivity index (χ2n) is 4.89. The van der Waals surface area contributed by atoms with Crippen LogP contribution in [0.4, 0.5) is 10.1 Å². The number of aromatic hydroxyl groups is 1. The third-order valence-electron chi connectivity index (χ3n) is 2.92. The first kappa shape index (κ1) is 16.7. The highest BCUT2D eigenvalue weighted by Crippen LogP contribution is 2.23. The number of rotatable bonds is 5. The molecule has 2 rings (SSSR count). The average molecular weight is 335 g/mol. The Morgan fingerprint density at radius 1 is 1.09 bits per heavy atom. The molecule has 0 heterocycles. The lowest BCUT2D eigenvalue weighted by molar-refractivity contribution is 0.112. The van der Waals surface area contributed by atoms with E-state index in [4.69, 9.17) is 0 Å². The van der Waals surface area contributed by atoms with Crippen molar-refractivity contribution in [3.05, 3.63) is 58.9 Å². The number of phenolic OH excluding ortho intramolecular Hbond substituents is 1. The highest BCUT2D eigenvalue weighted by Gasteiger charge is 2.07. The molecule has 0 aliphatic heterocycles. The van der Waals surface area contributed by atoms with Crippen LogP contribution < -0.4 is 4.72 Å². The minimum atomic E-state index is -3.33. The van der Waals surface area contributed by atoms with Crippen LogP contribution in [0.3, 0.4) is 0 Å². The number of nitrogens with one attached hydrogen (secondary N) is 1. The molecule has 0 radical (unpaired) electrons. The third kappa shape index (κ3) is 4.65. The van der Waals surface area contributed by atoms with Crippen LogP contribution >= 0.6 is 0 Å². The number of phenols is 1. The molecule has 0 unspecified atom stereocenters. The second-order valence-corrected chi connectivity index (χ2v) is 6.64. The lowest BCUT2D eigenvalue weighted by Crippen LogP contribution is -2.09. The number of hydrogen-bond donors (Lipinski definition) is 2. The van der Waals surface area contributed by atoms with Crippen LogP contribution in [0.1, 0.15) is 21.5 Å². The number of carbonyl (C=O) groups excluding carboxylic acids is 1. The van der Waals surface area contributed by atoms with Gasteiger partial charge < -0.3 is 5.11 Å². The first-order valence-corrected chi connectivity index (χ1v) is 8.41. The number of carbonyl (C=O) groups is 1. The SMILES string of the molecule is CS(=O)(=O)Nc1ccc(/C=C/c2cc(F)c(O)c(C=O)c2)cc1. The van der Waals surface area contributed by atoms with E-state index in [1.807, 2.05) is 0 Å². The molecule has 0 aliphatic carbocycles. The van der Waals surface area contributed by atoms with Crippen molar-refractivity contribution in [2.24, 2.45) is 0 Å². The van der Waals surface area contributed by atoms with E-state index in [9.17, 15) is 22.7 Å². The van der Waals surface area contributed by atoms with Gasteiger partial charge in [-0.25, -0.2) is 12.8 Å². The van der Waals surface area contributed by atoms with Gasteiger partial charge in [0.25, 0.3) is 0 Å². The molecule has 2 aromatic rings. The fourth-order valence-electron chi connectivity index (χ4n) is 1.90. The Labute approximate surface area is 133 Å². The lowest BCUT2D eigenvalue weighted by atomic mass is 10.1. The molecule has 0 atom stereocenters. The van der Waals surface area contributed by atoms with E-state index in [-0.39, 0.29) is 5.56 Å². The summed E-state index contributed by atoms with van der Waals surface area (Å²) in [6.45, 7) is 0. The summed E-state index contributed by atoms with van der Waals surface area (Å²) in [7, 11) is -3.33. The molecule has 120 valence electrons.